The number of carbonyl (C=O) groups is 2. The van der Waals surface area contributed by atoms with E-state index < -0.39 is 12.0 Å². The minimum atomic E-state index is -1.03. The van der Waals surface area contributed by atoms with E-state index in [1.807, 2.05) is 18.2 Å². The summed E-state index contributed by atoms with van der Waals surface area (Å²) in [6.07, 6.45) is 0. The highest BCUT2D eigenvalue weighted by atomic mass is 32.2. The molecule has 1 amide bonds. The summed E-state index contributed by atoms with van der Waals surface area (Å²) < 4.78 is 5.47. The lowest BCUT2D eigenvalue weighted by atomic mass is 10.3. The minimum absolute atomic E-state index is 0.0843. The monoisotopic (exact) mass is 294 g/mol. The Morgan fingerprint density at radius 1 is 1.45 bits per heavy atom. The van der Waals surface area contributed by atoms with Crippen molar-refractivity contribution in [2.45, 2.75) is 18.2 Å². The first kappa shape index (κ1) is 14.4. The van der Waals surface area contributed by atoms with Gasteiger partial charge in [0.25, 0.3) is 5.22 Å². The minimum Gasteiger partial charge on any atom is -0.480 e. The second-order valence-electron chi connectivity index (χ2n) is 4.26. The maximum Gasteiger partial charge on any atom is 0.326 e. The molecule has 1 N–H and O–H groups in total. The first-order chi connectivity index (χ1) is 9.49. The maximum atomic E-state index is 11.8. The zero-order valence-corrected chi connectivity index (χ0v) is 11.9. The lowest BCUT2D eigenvalue weighted by Gasteiger charge is -2.20. The highest BCUT2D eigenvalue weighted by molar-refractivity contribution is 7.99. The fraction of sp³-hybridized carbons (Fsp3) is 0.308. The molecular formula is C13H14N2O4S. The zero-order valence-electron chi connectivity index (χ0n) is 11.1. The first-order valence-electron chi connectivity index (χ1n) is 5.96. The van der Waals surface area contributed by atoms with Crippen molar-refractivity contribution in [3.63, 3.8) is 0 Å². The van der Waals surface area contributed by atoms with E-state index in [0.717, 1.165) is 17.3 Å². The number of likely N-dealkylation sites (N-methyl/N-ethyl adjacent to an activating group) is 1. The summed E-state index contributed by atoms with van der Waals surface area (Å²) in [6.45, 7) is 1.46. The van der Waals surface area contributed by atoms with Crippen molar-refractivity contribution in [2.24, 2.45) is 0 Å². The van der Waals surface area contributed by atoms with E-state index in [-0.39, 0.29) is 11.7 Å². The van der Waals surface area contributed by atoms with Crippen molar-refractivity contribution >= 4 is 34.7 Å². The van der Waals surface area contributed by atoms with Gasteiger partial charge in [-0.1, -0.05) is 23.9 Å². The van der Waals surface area contributed by atoms with Gasteiger partial charge in [0.2, 0.25) is 5.91 Å². The van der Waals surface area contributed by atoms with Gasteiger partial charge in [-0.05, 0) is 19.1 Å². The molecule has 0 saturated heterocycles. The van der Waals surface area contributed by atoms with Crippen LogP contribution in [0.4, 0.5) is 0 Å². The standard InChI is InChI=1S/C13H14N2O4S/c1-8(12(17)18)15(2)11(16)7-20-13-14-9-5-3-4-6-10(9)19-13/h3-6,8H,7H2,1-2H3,(H,17,18). The van der Waals surface area contributed by atoms with Crippen LogP contribution in [-0.4, -0.2) is 45.7 Å². The SMILES string of the molecule is CC(C(=O)O)N(C)C(=O)CSc1nc2ccccc2o1. The lowest BCUT2D eigenvalue weighted by molar-refractivity contribution is -0.147. The van der Waals surface area contributed by atoms with Gasteiger partial charge in [0.1, 0.15) is 11.6 Å². The maximum absolute atomic E-state index is 11.8. The molecule has 1 aromatic heterocycles. The molecule has 0 bridgehead atoms. The Morgan fingerprint density at radius 2 is 2.15 bits per heavy atom. The van der Waals surface area contributed by atoms with Gasteiger partial charge in [0.05, 0.1) is 5.75 Å². The van der Waals surface area contributed by atoms with Gasteiger partial charge in [-0.25, -0.2) is 9.78 Å². The molecule has 0 aliphatic carbocycles. The van der Waals surface area contributed by atoms with Crippen molar-refractivity contribution in [3.8, 4) is 0 Å². The number of amides is 1. The molecule has 6 nitrogen and oxygen atoms in total. The summed E-state index contributed by atoms with van der Waals surface area (Å²) in [4.78, 5) is 28.1. The molecular weight excluding hydrogens is 280 g/mol. The Bertz CT molecular complexity index is 607. The van der Waals surface area contributed by atoms with E-state index in [2.05, 4.69) is 4.98 Å². The van der Waals surface area contributed by atoms with Crippen molar-refractivity contribution in [2.75, 3.05) is 12.8 Å². The highest BCUT2D eigenvalue weighted by Crippen LogP contribution is 2.23. The van der Waals surface area contributed by atoms with Gasteiger partial charge in [0, 0.05) is 7.05 Å². The van der Waals surface area contributed by atoms with Crippen molar-refractivity contribution < 1.29 is 19.1 Å². The van der Waals surface area contributed by atoms with Crippen LogP contribution >= 0.6 is 11.8 Å². The molecule has 0 radical (unpaired) electrons. The summed E-state index contributed by atoms with van der Waals surface area (Å²) in [5.74, 6) is -1.24. The van der Waals surface area contributed by atoms with Crippen LogP contribution in [0.2, 0.25) is 0 Å². The van der Waals surface area contributed by atoms with E-state index >= 15 is 0 Å². The van der Waals surface area contributed by atoms with Crippen LogP contribution in [-0.2, 0) is 9.59 Å². The molecule has 106 valence electrons. The smallest absolute Gasteiger partial charge is 0.326 e. The van der Waals surface area contributed by atoms with E-state index in [0.29, 0.717) is 10.8 Å². The highest BCUT2D eigenvalue weighted by Gasteiger charge is 2.22. The molecule has 20 heavy (non-hydrogen) atoms. The fourth-order valence-electron chi connectivity index (χ4n) is 1.52. The fourth-order valence-corrected chi connectivity index (χ4v) is 2.28. The van der Waals surface area contributed by atoms with Crippen LogP contribution in [0.15, 0.2) is 33.9 Å². The average Bonchev–Trinajstić information content (AvgIpc) is 2.85. The van der Waals surface area contributed by atoms with Crippen molar-refractivity contribution in [1.29, 1.82) is 0 Å². The summed E-state index contributed by atoms with van der Waals surface area (Å²) in [7, 11) is 1.47. The zero-order chi connectivity index (χ0) is 14.7. The Labute approximate surface area is 119 Å². The van der Waals surface area contributed by atoms with Crippen LogP contribution in [0, 0.1) is 0 Å². The summed E-state index contributed by atoms with van der Waals surface area (Å²) >= 11 is 1.15. The number of thioether (sulfide) groups is 1. The number of benzene rings is 1. The molecule has 1 unspecified atom stereocenters. The van der Waals surface area contributed by atoms with Gasteiger partial charge in [-0.3, -0.25) is 4.79 Å². The normalized spacial score (nSPS) is 12.3. The van der Waals surface area contributed by atoms with E-state index in [1.165, 1.54) is 18.9 Å². The van der Waals surface area contributed by atoms with Crippen LogP contribution in [0.25, 0.3) is 11.1 Å². The van der Waals surface area contributed by atoms with Gasteiger partial charge in [-0.15, -0.1) is 0 Å². The van der Waals surface area contributed by atoms with Gasteiger partial charge in [0.15, 0.2) is 5.58 Å². The second kappa shape index (κ2) is 5.96. The molecule has 0 spiro atoms. The number of nitrogens with zero attached hydrogens (tertiary/aromatic N) is 2. The second-order valence-corrected chi connectivity index (χ2v) is 5.18. The number of carboxylic acid groups (broad SMARTS) is 1. The summed E-state index contributed by atoms with van der Waals surface area (Å²) in [5, 5.41) is 9.25. The average molecular weight is 294 g/mol. The third-order valence-electron chi connectivity index (χ3n) is 2.93. The Hall–Kier alpha value is -2.02. The van der Waals surface area contributed by atoms with Crippen molar-refractivity contribution in [1.82, 2.24) is 9.88 Å². The molecule has 7 heteroatoms. The predicted molar refractivity (Wildman–Crippen MR) is 74.6 cm³/mol. The molecule has 1 atom stereocenters. The molecule has 0 aliphatic rings. The first-order valence-corrected chi connectivity index (χ1v) is 6.94. The number of aliphatic carboxylic acids is 1. The van der Waals surface area contributed by atoms with E-state index in [1.54, 1.807) is 6.07 Å². The largest absolute Gasteiger partial charge is 0.480 e. The van der Waals surface area contributed by atoms with Gasteiger partial charge < -0.3 is 14.4 Å². The number of fused-ring (bicyclic) bond motifs is 1. The van der Waals surface area contributed by atoms with Gasteiger partial charge in [-0.2, -0.15) is 0 Å². The summed E-state index contributed by atoms with van der Waals surface area (Å²) in [5.41, 5.74) is 1.39. The Kier molecular flexibility index (Phi) is 4.29. The number of hydrogen-bond acceptors (Lipinski definition) is 5. The van der Waals surface area contributed by atoms with Crippen LogP contribution in [0.3, 0.4) is 0 Å². The number of carboxylic acids is 1. The number of rotatable bonds is 5. The molecule has 0 fully saturated rings. The van der Waals surface area contributed by atoms with Crippen LogP contribution in [0.1, 0.15) is 6.92 Å². The predicted octanol–water partition coefficient (Wildman–Crippen LogP) is 1.85. The number of carbonyl (C=O) groups excluding carboxylic acids is 1. The van der Waals surface area contributed by atoms with E-state index in [9.17, 15) is 9.59 Å². The number of hydrogen-bond donors (Lipinski definition) is 1. The summed E-state index contributed by atoms with van der Waals surface area (Å²) in [6, 6.07) is 6.46. The number of aromatic nitrogens is 1. The Balaban J connectivity index is 1.97. The topological polar surface area (TPSA) is 83.6 Å². The molecule has 0 aliphatic heterocycles. The lowest BCUT2D eigenvalue weighted by Crippen LogP contribution is -2.41. The molecule has 1 heterocycles. The quantitative estimate of drug-likeness (QED) is 0.847. The number of para-hydroxylation sites is 2. The third kappa shape index (κ3) is 3.11. The van der Waals surface area contributed by atoms with Crippen LogP contribution in [0.5, 0.6) is 0 Å². The molecule has 2 aromatic rings. The van der Waals surface area contributed by atoms with Crippen molar-refractivity contribution in [3.05, 3.63) is 24.3 Å². The molecule has 1 aromatic carbocycles. The van der Waals surface area contributed by atoms with Gasteiger partial charge >= 0.3 is 5.97 Å². The van der Waals surface area contributed by atoms with Crippen LogP contribution < -0.4 is 0 Å². The molecule has 0 saturated carbocycles. The Morgan fingerprint density at radius 3 is 2.80 bits per heavy atom. The van der Waals surface area contributed by atoms with E-state index in [4.69, 9.17) is 9.52 Å². The number of oxazole rings is 1. The molecule has 2 rings (SSSR count). The third-order valence-corrected chi connectivity index (χ3v) is 3.74.